The summed E-state index contributed by atoms with van der Waals surface area (Å²) in [6, 6.07) is 5.58. The molecule has 0 aliphatic carbocycles. The van der Waals surface area contributed by atoms with E-state index in [1.54, 1.807) is 0 Å². The lowest BCUT2D eigenvalue weighted by atomic mass is 10.1. The maximum absolute atomic E-state index is 13.0. The van der Waals surface area contributed by atoms with Crippen molar-refractivity contribution < 1.29 is 53.6 Å². The highest BCUT2D eigenvalue weighted by Crippen LogP contribution is 2.18. The zero-order chi connectivity index (χ0) is 33.1. The number of aryl methyl sites for hydroxylation is 1. The summed E-state index contributed by atoms with van der Waals surface area (Å²) in [7, 11) is 0. The molecule has 16 nitrogen and oxygen atoms in total. The minimum Gasteiger partial charge on any atom is -0.481 e. The molecule has 0 saturated heterocycles. The third-order valence-electron chi connectivity index (χ3n) is 6.30. The lowest BCUT2D eigenvalue weighted by Crippen LogP contribution is -2.51. The first kappa shape index (κ1) is 33.6. The fourth-order valence-corrected chi connectivity index (χ4v) is 4.03. The van der Waals surface area contributed by atoms with Gasteiger partial charge in [0, 0.05) is 24.1 Å². The zero-order valence-corrected chi connectivity index (χ0v) is 23.5. The molecular formula is C28H29FN6O10. The van der Waals surface area contributed by atoms with E-state index in [0.717, 1.165) is 0 Å². The number of halogens is 1. The van der Waals surface area contributed by atoms with Gasteiger partial charge in [-0.2, -0.15) is 0 Å². The topological polar surface area (TPSA) is 250 Å². The Kier molecular flexibility index (Phi) is 11.6. The second-order valence-corrected chi connectivity index (χ2v) is 9.71. The summed E-state index contributed by atoms with van der Waals surface area (Å²) in [6.07, 6.45) is 0.915. The van der Waals surface area contributed by atoms with Crippen molar-refractivity contribution in [2.75, 3.05) is 12.0 Å². The summed E-state index contributed by atoms with van der Waals surface area (Å²) < 4.78 is 13.8. The monoisotopic (exact) mass is 628 g/mol. The van der Waals surface area contributed by atoms with E-state index in [1.807, 2.05) is 5.32 Å². The first-order chi connectivity index (χ1) is 21.4. The predicted molar refractivity (Wildman–Crippen MR) is 152 cm³/mol. The molecule has 0 aliphatic rings. The fraction of sp³-hybridized carbons (Fsp3) is 0.286. The Labute approximate surface area is 253 Å². The van der Waals surface area contributed by atoms with Gasteiger partial charge in [0.05, 0.1) is 29.8 Å². The van der Waals surface area contributed by atoms with Crippen LogP contribution in [0, 0.1) is 0 Å². The number of rotatable bonds is 16. The molecule has 0 saturated carbocycles. The minimum absolute atomic E-state index is 0.0149. The largest absolute Gasteiger partial charge is 0.481 e. The molecule has 3 aromatic rings. The molecule has 2 atom stereocenters. The van der Waals surface area contributed by atoms with Gasteiger partial charge in [-0.15, -0.1) is 5.10 Å². The number of nitrogens with one attached hydrogen (secondary N) is 3. The molecule has 7 N–H and O–H groups in total. The normalized spacial score (nSPS) is 12.0. The number of carboxylic acids is 4. The van der Waals surface area contributed by atoms with Crippen LogP contribution in [0.25, 0.3) is 5.69 Å². The average molecular weight is 629 g/mol. The molecule has 17 heteroatoms. The lowest BCUT2D eigenvalue weighted by Gasteiger charge is -2.18. The number of carboxylic acid groups (broad SMARTS) is 4. The van der Waals surface area contributed by atoms with Crippen molar-refractivity contribution >= 4 is 41.5 Å². The number of alkyl halides is 1. The molecule has 3 amide bonds. The second kappa shape index (κ2) is 15.6. The summed E-state index contributed by atoms with van der Waals surface area (Å²) >= 11 is 0. The van der Waals surface area contributed by atoms with Gasteiger partial charge >= 0.3 is 29.9 Å². The third kappa shape index (κ3) is 10.1. The van der Waals surface area contributed by atoms with Gasteiger partial charge in [-0.1, -0.05) is 17.3 Å². The van der Waals surface area contributed by atoms with Gasteiger partial charge in [0.15, 0.2) is 0 Å². The SMILES string of the molecule is O=C(O)CCC(NC(=O)NC(Cc1ccc(NC(=O)c2cc(C(=O)O)cc(-n3cc(CCCF)nn3)c2)cc1)C(=O)O)C(=O)O. The van der Waals surface area contributed by atoms with Gasteiger partial charge in [-0.25, -0.2) is 23.9 Å². The molecule has 1 aromatic heterocycles. The summed E-state index contributed by atoms with van der Waals surface area (Å²) in [5.41, 5.74) is 1.22. The van der Waals surface area contributed by atoms with Crippen molar-refractivity contribution in [3.8, 4) is 5.69 Å². The Balaban J connectivity index is 1.68. The Morgan fingerprint density at radius 1 is 0.867 bits per heavy atom. The van der Waals surface area contributed by atoms with E-state index in [9.17, 15) is 48.5 Å². The van der Waals surface area contributed by atoms with Gasteiger partial charge < -0.3 is 36.4 Å². The van der Waals surface area contributed by atoms with Crippen LogP contribution in [-0.4, -0.2) is 90.0 Å². The highest BCUT2D eigenvalue weighted by atomic mass is 19.1. The maximum atomic E-state index is 13.0. The smallest absolute Gasteiger partial charge is 0.335 e. The van der Waals surface area contributed by atoms with Gasteiger partial charge in [0.1, 0.15) is 12.1 Å². The molecule has 0 aliphatic heterocycles. The molecule has 0 radical (unpaired) electrons. The number of nitrogens with zero attached hydrogens (tertiary/aromatic N) is 3. The van der Waals surface area contributed by atoms with Crippen molar-refractivity contribution in [2.45, 2.75) is 44.2 Å². The van der Waals surface area contributed by atoms with Gasteiger partial charge in [-0.05, 0) is 55.2 Å². The summed E-state index contributed by atoms with van der Waals surface area (Å²) in [4.78, 5) is 70.7. The van der Waals surface area contributed by atoms with E-state index >= 15 is 0 Å². The number of anilines is 1. The average Bonchev–Trinajstić information content (AvgIpc) is 3.47. The van der Waals surface area contributed by atoms with Crippen LogP contribution in [0.4, 0.5) is 14.9 Å². The first-order valence-electron chi connectivity index (χ1n) is 13.4. The van der Waals surface area contributed by atoms with E-state index in [1.165, 1.54) is 53.3 Å². The molecule has 238 valence electrons. The number of urea groups is 1. The molecule has 0 fully saturated rings. The van der Waals surface area contributed by atoms with E-state index in [-0.39, 0.29) is 35.3 Å². The molecule has 3 rings (SSSR count). The fourth-order valence-electron chi connectivity index (χ4n) is 4.03. The van der Waals surface area contributed by atoms with Crippen LogP contribution in [0.15, 0.2) is 48.7 Å². The minimum atomic E-state index is -1.55. The van der Waals surface area contributed by atoms with Crippen molar-refractivity contribution in [3.63, 3.8) is 0 Å². The molecule has 45 heavy (non-hydrogen) atoms. The van der Waals surface area contributed by atoms with Gasteiger partial charge in [0.25, 0.3) is 5.91 Å². The number of amides is 3. The van der Waals surface area contributed by atoms with Crippen LogP contribution in [-0.2, 0) is 27.2 Å². The van der Waals surface area contributed by atoms with Crippen LogP contribution >= 0.6 is 0 Å². The molecule has 2 aromatic carbocycles. The highest BCUT2D eigenvalue weighted by molar-refractivity contribution is 6.06. The second-order valence-electron chi connectivity index (χ2n) is 9.71. The maximum Gasteiger partial charge on any atom is 0.335 e. The number of carbonyl (C=O) groups is 6. The van der Waals surface area contributed by atoms with Crippen molar-refractivity contribution in [2.24, 2.45) is 0 Å². The van der Waals surface area contributed by atoms with E-state index in [4.69, 9.17) is 5.11 Å². The quantitative estimate of drug-likeness (QED) is 0.120. The van der Waals surface area contributed by atoms with Gasteiger partial charge in [-0.3, -0.25) is 14.0 Å². The number of aromatic carboxylic acids is 1. The van der Waals surface area contributed by atoms with Crippen LogP contribution in [0.2, 0.25) is 0 Å². The molecule has 1 heterocycles. The van der Waals surface area contributed by atoms with Crippen molar-refractivity contribution in [1.29, 1.82) is 0 Å². The van der Waals surface area contributed by atoms with Crippen LogP contribution in [0.1, 0.15) is 51.2 Å². The number of aliphatic carboxylic acids is 3. The molecular weight excluding hydrogens is 599 g/mol. The highest BCUT2D eigenvalue weighted by Gasteiger charge is 2.25. The number of aromatic nitrogens is 3. The number of benzene rings is 2. The van der Waals surface area contributed by atoms with E-state index < -0.39 is 67.4 Å². The number of hydrogen-bond donors (Lipinski definition) is 7. The third-order valence-corrected chi connectivity index (χ3v) is 6.30. The lowest BCUT2D eigenvalue weighted by molar-refractivity contribution is -0.140. The van der Waals surface area contributed by atoms with Crippen LogP contribution in [0.5, 0.6) is 0 Å². The first-order valence-corrected chi connectivity index (χ1v) is 13.4. The summed E-state index contributed by atoms with van der Waals surface area (Å²) in [5.74, 6) is -6.13. The number of hydrogen-bond acceptors (Lipinski definition) is 8. The zero-order valence-electron chi connectivity index (χ0n) is 23.5. The van der Waals surface area contributed by atoms with E-state index in [2.05, 4.69) is 20.9 Å². The Morgan fingerprint density at radius 3 is 2.11 bits per heavy atom. The van der Waals surface area contributed by atoms with Crippen molar-refractivity contribution in [3.05, 3.63) is 71.0 Å². The van der Waals surface area contributed by atoms with Crippen molar-refractivity contribution in [1.82, 2.24) is 25.6 Å². The van der Waals surface area contributed by atoms with E-state index in [0.29, 0.717) is 17.7 Å². The Hall–Kier alpha value is -5.87. The van der Waals surface area contributed by atoms with Crippen LogP contribution in [0.3, 0.4) is 0 Å². The number of carbonyl (C=O) groups excluding carboxylic acids is 2. The Bertz CT molecular complexity index is 1580. The summed E-state index contributed by atoms with van der Waals surface area (Å²) in [5, 5.41) is 51.7. The van der Waals surface area contributed by atoms with Gasteiger partial charge in [0.2, 0.25) is 0 Å². The predicted octanol–water partition coefficient (Wildman–Crippen LogP) is 1.73. The molecule has 0 spiro atoms. The standard InChI is InChI=1S/C28H29FN6O10/c29-9-1-2-19-14-35(34-33-19)20-12-16(11-17(13-20)25(39)40)24(38)30-18-5-3-15(4-6-18)10-22(27(43)44)32-28(45)31-21(26(41)42)7-8-23(36)37/h3-6,11-14,21-22H,1-2,7-10H2,(H,30,38)(H,36,37)(H,39,40)(H,41,42)(H,43,44)(H2,31,32,45). The summed E-state index contributed by atoms with van der Waals surface area (Å²) in [6.45, 7) is -0.534. The molecule has 0 bridgehead atoms. The van der Waals surface area contributed by atoms with Crippen LogP contribution < -0.4 is 16.0 Å². The molecule has 2 unspecified atom stereocenters. The Morgan fingerprint density at radius 2 is 1.51 bits per heavy atom.